The number of carbonyl (C=O) groups is 2. The van der Waals surface area contributed by atoms with E-state index in [0.717, 1.165) is 14.9 Å². The maximum absolute atomic E-state index is 12.5. The van der Waals surface area contributed by atoms with Crippen molar-refractivity contribution < 1.29 is 18.0 Å². The van der Waals surface area contributed by atoms with Crippen LogP contribution in [0.1, 0.15) is 24.8 Å². The van der Waals surface area contributed by atoms with Crippen LogP contribution in [0.2, 0.25) is 0 Å². The summed E-state index contributed by atoms with van der Waals surface area (Å²) < 4.78 is 28.4. The first-order valence-electron chi connectivity index (χ1n) is 8.03. The van der Waals surface area contributed by atoms with Gasteiger partial charge < -0.3 is 0 Å². The first kappa shape index (κ1) is 18.6. The number of carbonyl (C=O) groups excluding carboxylic acids is 2. The van der Waals surface area contributed by atoms with E-state index in [2.05, 4.69) is 20.7 Å². The Morgan fingerprint density at radius 3 is 2.19 bits per heavy atom. The lowest BCUT2D eigenvalue weighted by Crippen LogP contribution is -2.40. The number of amides is 2. The summed E-state index contributed by atoms with van der Waals surface area (Å²) >= 11 is 3.37. The Morgan fingerprint density at radius 1 is 1.00 bits per heavy atom. The lowest BCUT2D eigenvalue weighted by Gasteiger charge is -2.24. The van der Waals surface area contributed by atoms with E-state index >= 15 is 0 Å². The molecule has 136 valence electrons. The number of sulfonamides is 1. The number of benzene rings is 2. The van der Waals surface area contributed by atoms with E-state index in [-0.39, 0.29) is 16.7 Å². The second kappa shape index (κ2) is 7.20. The second-order valence-electron chi connectivity index (χ2n) is 6.04. The number of nitrogens with one attached hydrogen (secondary N) is 1. The van der Waals surface area contributed by atoms with Gasteiger partial charge in [-0.1, -0.05) is 22.0 Å². The molecule has 0 bridgehead atoms. The van der Waals surface area contributed by atoms with Gasteiger partial charge >= 0.3 is 0 Å². The third-order valence-electron chi connectivity index (χ3n) is 4.11. The third kappa shape index (κ3) is 3.81. The van der Waals surface area contributed by atoms with Gasteiger partial charge in [-0.2, -0.15) is 0 Å². The van der Waals surface area contributed by atoms with Gasteiger partial charge in [-0.15, -0.1) is 0 Å². The summed E-state index contributed by atoms with van der Waals surface area (Å²) in [6.07, 6.45) is 1.18. The Morgan fingerprint density at radius 2 is 1.62 bits per heavy atom. The van der Waals surface area contributed by atoms with Gasteiger partial charge in [0.25, 0.3) is 10.0 Å². The quantitative estimate of drug-likeness (QED) is 0.741. The average molecular weight is 437 g/mol. The monoisotopic (exact) mass is 436 g/mol. The fourth-order valence-electron chi connectivity index (χ4n) is 2.69. The number of aryl methyl sites for hydroxylation is 1. The van der Waals surface area contributed by atoms with Crippen molar-refractivity contribution in [2.24, 2.45) is 0 Å². The zero-order chi connectivity index (χ0) is 18.9. The molecule has 6 nitrogen and oxygen atoms in total. The first-order chi connectivity index (χ1) is 12.3. The van der Waals surface area contributed by atoms with E-state index < -0.39 is 10.0 Å². The lowest BCUT2D eigenvalue weighted by atomic mass is 10.1. The van der Waals surface area contributed by atoms with Crippen LogP contribution in [0.15, 0.2) is 51.8 Å². The Kier molecular flexibility index (Phi) is 5.15. The van der Waals surface area contributed by atoms with Crippen molar-refractivity contribution in [3.63, 3.8) is 0 Å². The SMILES string of the molecule is Cc1ccc(NS(=O)(=O)c2ccc(N3C(=O)CCCC3=O)cc2)cc1Br. The standard InChI is InChI=1S/C18H17BrN2O4S/c1-12-5-6-13(11-16(12)19)20-26(24,25)15-9-7-14(8-10-15)21-17(22)3-2-4-18(21)23/h5-11,20H,2-4H2,1H3. The zero-order valence-electron chi connectivity index (χ0n) is 14.0. The highest BCUT2D eigenvalue weighted by Gasteiger charge is 2.27. The second-order valence-corrected chi connectivity index (χ2v) is 8.58. The van der Waals surface area contributed by atoms with E-state index in [4.69, 9.17) is 0 Å². The van der Waals surface area contributed by atoms with Gasteiger partial charge in [0.2, 0.25) is 11.8 Å². The molecule has 8 heteroatoms. The fourth-order valence-corrected chi connectivity index (χ4v) is 4.11. The molecule has 1 aliphatic rings. The molecule has 0 spiro atoms. The van der Waals surface area contributed by atoms with Crippen molar-refractivity contribution in [3.8, 4) is 0 Å². The molecule has 0 radical (unpaired) electrons. The molecule has 0 aromatic heterocycles. The molecule has 0 saturated carbocycles. The van der Waals surface area contributed by atoms with E-state index in [0.29, 0.717) is 30.6 Å². The van der Waals surface area contributed by atoms with Gasteiger partial charge in [0.05, 0.1) is 10.6 Å². The van der Waals surface area contributed by atoms with Gasteiger partial charge in [0.15, 0.2) is 0 Å². The van der Waals surface area contributed by atoms with E-state index in [1.807, 2.05) is 6.92 Å². The van der Waals surface area contributed by atoms with Crippen molar-refractivity contribution in [1.29, 1.82) is 0 Å². The summed E-state index contributed by atoms with van der Waals surface area (Å²) in [6.45, 7) is 1.91. The molecule has 2 amide bonds. The molecule has 0 aliphatic carbocycles. The zero-order valence-corrected chi connectivity index (χ0v) is 16.4. The van der Waals surface area contributed by atoms with Crippen LogP contribution in [0.25, 0.3) is 0 Å². The molecule has 1 aliphatic heterocycles. The van der Waals surface area contributed by atoms with Crippen molar-refractivity contribution in [2.75, 3.05) is 9.62 Å². The third-order valence-corrected chi connectivity index (χ3v) is 6.36. The Hall–Kier alpha value is -2.19. The molecule has 0 unspecified atom stereocenters. The molecule has 1 heterocycles. The number of anilines is 2. The molecular formula is C18H17BrN2O4S. The minimum absolute atomic E-state index is 0.0508. The van der Waals surface area contributed by atoms with Crippen LogP contribution in [0.3, 0.4) is 0 Å². The van der Waals surface area contributed by atoms with E-state index in [1.54, 1.807) is 18.2 Å². The maximum Gasteiger partial charge on any atom is 0.261 e. The average Bonchev–Trinajstić information content (AvgIpc) is 2.58. The van der Waals surface area contributed by atoms with E-state index in [1.165, 1.54) is 24.3 Å². The predicted octanol–water partition coefficient (Wildman–Crippen LogP) is 3.60. The van der Waals surface area contributed by atoms with Crippen LogP contribution in [-0.4, -0.2) is 20.2 Å². The van der Waals surface area contributed by atoms with Crippen LogP contribution < -0.4 is 9.62 Å². The van der Waals surface area contributed by atoms with Gasteiger partial charge in [0.1, 0.15) is 0 Å². The van der Waals surface area contributed by atoms with Gasteiger partial charge in [0, 0.05) is 23.0 Å². The predicted molar refractivity (Wildman–Crippen MR) is 102 cm³/mol. The largest absolute Gasteiger partial charge is 0.280 e. The highest BCUT2D eigenvalue weighted by atomic mass is 79.9. The maximum atomic E-state index is 12.5. The highest BCUT2D eigenvalue weighted by Crippen LogP contribution is 2.26. The van der Waals surface area contributed by atoms with Crippen LogP contribution in [0, 0.1) is 6.92 Å². The molecule has 1 saturated heterocycles. The number of imide groups is 1. The molecule has 26 heavy (non-hydrogen) atoms. The molecule has 2 aromatic carbocycles. The minimum atomic E-state index is -3.78. The van der Waals surface area contributed by atoms with Crippen LogP contribution >= 0.6 is 15.9 Å². The summed E-state index contributed by atoms with van der Waals surface area (Å²) in [5.74, 6) is -0.529. The molecule has 1 fully saturated rings. The summed E-state index contributed by atoms with van der Waals surface area (Å²) in [6, 6.07) is 10.9. The van der Waals surface area contributed by atoms with Crippen molar-refractivity contribution in [2.45, 2.75) is 31.1 Å². The fraction of sp³-hybridized carbons (Fsp3) is 0.222. The number of rotatable bonds is 4. The van der Waals surface area contributed by atoms with Crippen molar-refractivity contribution in [3.05, 3.63) is 52.5 Å². The molecule has 3 rings (SSSR count). The minimum Gasteiger partial charge on any atom is -0.280 e. The molecule has 0 atom stereocenters. The topological polar surface area (TPSA) is 83.6 Å². The van der Waals surface area contributed by atoms with Crippen LogP contribution in [0.5, 0.6) is 0 Å². The lowest BCUT2D eigenvalue weighted by molar-refractivity contribution is -0.129. The Balaban J connectivity index is 1.83. The van der Waals surface area contributed by atoms with Gasteiger partial charge in [-0.25, -0.2) is 8.42 Å². The summed E-state index contributed by atoms with van der Waals surface area (Å²) in [4.78, 5) is 25.1. The normalized spacial score (nSPS) is 15.2. The molecule has 1 N–H and O–H groups in total. The van der Waals surface area contributed by atoms with Crippen LogP contribution in [0.4, 0.5) is 11.4 Å². The van der Waals surface area contributed by atoms with Gasteiger partial charge in [-0.05, 0) is 55.3 Å². The summed E-state index contributed by atoms with van der Waals surface area (Å²) in [7, 11) is -3.78. The molecule has 2 aromatic rings. The number of hydrogen-bond donors (Lipinski definition) is 1. The Bertz CT molecular complexity index is 955. The smallest absolute Gasteiger partial charge is 0.261 e. The number of halogens is 1. The number of piperidine rings is 1. The molecular weight excluding hydrogens is 420 g/mol. The number of nitrogens with zero attached hydrogens (tertiary/aromatic N) is 1. The van der Waals surface area contributed by atoms with Gasteiger partial charge in [-0.3, -0.25) is 19.2 Å². The first-order valence-corrected chi connectivity index (χ1v) is 10.3. The highest BCUT2D eigenvalue weighted by molar-refractivity contribution is 9.10. The van der Waals surface area contributed by atoms with E-state index in [9.17, 15) is 18.0 Å². The van der Waals surface area contributed by atoms with Crippen LogP contribution in [-0.2, 0) is 19.6 Å². The van der Waals surface area contributed by atoms with Crippen molar-refractivity contribution >= 4 is 49.1 Å². The Labute approximate surface area is 160 Å². The summed E-state index contributed by atoms with van der Waals surface area (Å²) in [5.41, 5.74) is 1.82. The summed E-state index contributed by atoms with van der Waals surface area (Å²) in [5, 5.41) is 0. The van der Waals surface area contributed by atoms with Crippen molar-refractivity contribution in [1.82, 2.24) is 0 Å². The number of hydrogen-bond acceptors (Lipinski definition) is 4.